The van der Waals surface area contributed by atoms with Gasteiger partial charge in [-0.25, -0.2) is 13.8 Å². The Kier molecular flexibility index (Phi) is 10.8. The van der Waals surface area contributed by atoms with Gasteiger partial charge >= 0.3 is 0 Å². The standard InChI is InChI=1S/C33H34ClN3O5S/c1-4-27-8-6-7-9-30(27)37(43(39,40)29-17-10-24(3)11-18-29)22-33(38)36-35-21-26-14-19-31(32(20-26)41-5-2)42-23-25-12-15-28(34)16-13-25/h6-21H,4-5,22-23H2,1-3H3,(H,36,38)/b35-21-. The van der Waals surface area contributed by atoms with Crippen molar-refractivity contribution < 1.29 is 22.7 Å². The zero-order valence-electron chi connectivity index (χ0n) is 24.3. The van der Waals surface area contributed by atoms with Crippen molar-refractivity contribution in [3.05, 3.63) is 118 Å². The molecule has 0 spiro atoms. The van der Waals surface area contributed by atoms with E-state index in [2.05, 4.69) is 10.5 Å². The van der Waals surface area contributed by atoms with Gasteiger partial charge in [0.15, 0.2) is 11.5 Å². The van der Waals surface area contributed by atoms with E-state index in [-0.39, 0.29) is 4.90 Å². The van der Waals surface area contributed by atoms with Gasteiger partial charge in [0.05, 0.1) is 23.4 Å². The fourth-order valence-electron chi connectivity index (χ4n) is 4.27. The lowest BCUT2D eigenvalue weighted by atomic mass is 10.1. The molecule has 0 aromatic heterocycles. The molecule has 224 valence electrons. The summed E-state index contributed by atoms with van der Waals surface area (Å²) in [6.45, 7) is 6.00. The first kappa shape index (κ1) is 31.6. The number of hydrogen-bond acceptors (Lipinski definition) is 6. The second-order valence-electron chi connectivity index (χ2n) is 9.65. The van der Waals surface area contributed by atoms with Gasteiger partial charge in [0, 0.05) is 5.02 Å². The monoisotopic (exact) mass is 619 g/mol. The summed E-state index contributed by atoms with van der Waals surface area (Å²) in [4.78, 5) is 13.1. The fourth-order valence-corrected chi connectivity index (χ4v) is 5.85. The van der Waals surface area contributed by atoms with Gasteiger partial charge in [-0.1, -0.05) is 66.6 Å². The molecule has 0 atom stereocenters. The first-order valence-electron chi connectivity index (χ1n) is 13.8. The van der Waals surface area contributed by atoms with Crippen molar-refractivity contribution in [2.75, 3.05) is 17.5 Å². The van der Waals surface area contributed by atoms with Gasteiger partial charge in [-0.15, -0.1) is 0 Å². The van der Waals surface area contributed by atoms with E-state index in [1.54, 1.807) is 66.7 Å². The molecule has 0 aliphatic carbocycles. The van der Waals surface area contributed by atoms with Gasteiger partial charge in [0.25, 0.3) is 15.9 Å². The van der Waals surface area contributed by atoms with Crippen molar-refractivity contribution in [2.45, 2.75) is 38.7 Å². The molecule has 1 amide bonds. The number of carbonyl (C=O) groups excluding carboxylic acids is 1. The summed E-state index contributed by atoms with van der Waals surface area (Å²) in [5, 5.41) is 4.73. The zero-order chi connectivity index (χ0) is 30.8. The lowest BCUT2D eigenvalue weighted by Crippen LogP contribution is -2.40. The van der Waals surface area contributed by atoms with E-state index in [0.717, 1.165) is 21.0 Å². The Morgan fingerprint density at radius 2 is 1.65 bits per heavy atom. The number of ether oxygens (including phenoxy) is 2. The van der Waals surface area contributed by atoms with Gasteiger partial charge < -0.3 is 9.47 Å². The van der Waals surface area contributed by atoms with Gasteiger partial charge in [-0.05, 0) is 85.5 Å². The molecule has 8 nitrogen and oxygen atoms in total. The van der Waals surface area contributed by atoms with Crippen molar-refractivity contribution in [3.8, 4) is 11.5 Å². The van der Waals surface area contributed by atoms with Crippen LogP contribution in [0.4, 0.5) is 5.69 Å². The SMILES string of the molecule is CCOc1cc(/C=N\NC(=O)CN(c2ccccc2CC)S(=O)(=O)c2ccc(C)cc2)ccc1OCc1ccc(Cl)cc1. The van der Waals surface area contributed by atoms with Crippen molar-refractivity contribution in [1.29, 1.82) is 0 Å². The zero-order valence-corrected chi connectivity index (χ0v) is 25.9. The Morgan fingerprint density at radius 3 is 2.35 bits per heavy atom. The maximum Gasteiger partial charge on any atom is 0.264 e. The molecule has 4 rings (SSSR count). The summed E-state index contributed by atoms with van der Waals surface area (Å²) < 4.78 is 40.2. The average Bonchev–Trinajstić information content (AvgIpc) is 3.00. The highest BCUT2D eigenvalue weighted by atomic mass is 35.5. The summed E-state index contributed by atoms with van der Waals surface area (Å²) in [5.74, 6) is 0.494. The second kappa shape index (κ2) is 14.7. The van der Waals surface area contributed by atoms with E-state index >= 15 is 0 Å². The highest BCUT2D eigenvalue weighted by molar-refractivity contribution is 7.92. The van der Waals surface area contributed by atoms with Crippen LogP contribution < -0.4 is 19.2 Å². The topological polar surface area (TPSA) is 97.3 Å². The number of rotatable bonds is 13. The van der Waals surface area contributed by atoms with E-state index in [0.29, 0.717) is 47.4 Å². The number of benzene rings is 4. The number of para-hydroxylation sites is 1. The number of nitrogens with zero attached hydrogens (tertiary/aromatic N) is 2. The molecule has 4 aromatic carbocycles. The Morgan fingerprint density at radius 1 is 0.930 bits per heavy atom. The summed E-state index contributed by atoms with van der Waals surface area (Å²) in [6.07, 6.45) is 2.06. The third kappa shape index (κ3) is 8.37. The third-order valence-electron chi connectivity index (χ3n) is 6.52. The van der Waals surface area contributed by atoms with Crippen LogP contribution in [-0.4, -0.2) is 33.7 Å². The molecule has 0 saturated heterocycles. The molecule has 0 fully saturated rings. The van der Waals surface area contributed by atoms with Gasteiger partial charge in [-0.3, -0.25) is 9.10 Å². The number of hydrazone groups is 1. The van der Waals surface area contributed by atoms with Crippen LogP contribution in [0.15, 0.2) is 101 Å². The average molecular weight is 620 g/mol. The molecule has 0 saturated carbocycles. The molecular formula is C33H34ClN3O5S. The molecule has 4 aromatic rings. The maximum absolute atomic E-state index is 13.7. The van der Waals surface area contributed by atoms with Crippen LogP contribution in [0.25, 0.3) is 0 Å². The normalized spacial score (nSPS) is 11.3. The van der Waals surface area contributed by atoms with Crippen LogP contribution >= 0.6 is 11.6 Å². The molecule has 0 bridgehead atoms. The summed E-state index contributed by atoms with van der Waals surface area (Å²) in [5.41, 5.74) is 6.25. The lowest BCUT2D eigenvalue weighted by molar-refractivity contribution is -0.119. The summed E-state index contributed by atoms with van der Waals surface area (Å²) in [7, 11) is -4.04. The molecule has 10 heteroatoms. The van der Waals surface area contributed by atoms with Gasteiger partial charge in [0.1, 0.15) is 13.2 Å². The van der Waals surface area contributed by atoms with Crippen LogP contribution in [-0.2, 0) is 27.8 Å². The summed E-state index contributed by atoms with van der Waals surface area (Å²) >= 11 is 5.96. The fraction of sp³-hybridized carbons (Fsp3) is 0.212. The number of nitrogens with one attached hydrogen (secondary N) is 1. The quantitative estimate of drug-likeness (QED) is 0.135. The van der Waals surface area contributed by atoms with Crippen molar-refractivity contribution in [2.24, 2.45) is 5.10 Å². The molecule has 0 aliphatic heterocycles. The number of carbonyl (C=O) groups is 1. The Labute approximate surface area is 258 Å². The second-order valence-corrected chi connectivity index (χ2v) is 12.0. The van der Waals surface area contributed by atoms with Gasteiger partial charge in [-0.2, -0.15) is 5.10 Å². The Bertz CT molecular complexity index is 1670. The number of amides is 1. The number of hydrogen-bond donors (Lipinski definition) is 1. The van der Waals surface area contributed by atoms with Crippen molar-refractivity contribution in [1.82, 2.24) is 5.43 Å². The van der Waals surface area contributed by atoms with Crippen LogP contribution in [0.2, 0.25) is 5.02 Å². The van der Waals surface area contributed by atoms with Crippen LogP contribution in [0.1, 0.15) is 36.1 Å². The molecule has 0 unspecified atom stereocenters. The van der Waals surface area contributed by atoms with Crippen LogP contribution in [0, 0.1) is 6.92 Å². The minimum absolute atomic E-state index is 0.0992. The molecular weight excluding hydrogens is 586 g/mol. The predicted molar refractivity (Wildman–Crippen MR) is 171 cm³/mol. The van der Waals surface area contributed by atoms with Crippen LogP contribution in [0.3, 0.4) is 0 Å². The third-order valence-corrected chi connectivity index (χ3v) is 8.54. The van der Waals surface area contributed by atoms with Gasteiger partial charge in [0.2, 0.25) is 0 Å². The highest BCUT2D eigenvalue weighted by Crippen LogP contribution is 2.30. The van der Waals surface area contributed by atoms with E-state index in [4.69, 9.17) is 21.1 Å². The Balaban J connectivity index is 1.49. The number of halogens is 1. The minimum atomic E-state index is -4.04. The van der Waals surface area contributed by atoms with Crippen molar-refractivity contribution >= 4 is 39.4 Å². The van der Waals surface area contributed by atoms with Crippen LogP contribution in [0.5, 0.6) is 11.5 Å². The number of sulfonamides is 1. The smallest absolute Gasteiger partial charge is 0.264 e. The number of aryl methyl sites for hydroxylation is 2. The predicted octanol–water partition coefficient (Wildman–Crippen LogP) is 6.53. The van der Waals surface area contributed by atoms with E-state index in [1.807, 2.05) is 45.0 Å². The largest absolute Gasteiger partial charge is 0.490 e. The van der Waals surface area contributed by atoms with E-state index in [9.17, 15) is 13.2 Å². The first-order chi connectivity index (χ1) is 20.7. The van der Waals surface area contributed by atoms with E-state index < -0.39 is 22.5 Å². The van der Waals surface area contributed by atoms with E-state index in [1.165, 1.54) is 6.21 Å². The molecule has 0 heterocycles. The molecule has 43 heavy (non-hydrogen) atoms. The lowest BCUT2D eigenvalue weighted by Gasteiger charge is -2.25. The highest BCUT2D eigenvalue weighted by Gasteiger charge is 2.28. The molecule has 1 N–H and O–H groups in total. The molecule has 0 aliphatic rings. The molecule has 0 radical (unpaired) electrons. The number of anilines is 1. The first-order valence-corrected chi connectivity index (χ1v) is 15.7. The Hall–Kier alpha value is -4.34. The maximum atomic E-state index is 13.7. The minimum Gasteiger partial charge on any atom is -0.490 e. The summed E-state index contributed by atoms with van der Waals surface area (Å²) in [6, 6.07) is 26.4. The van der Waals surface area contributed by atoms with Crippen molar-refractivity contribution in [3.63, 3.8) is 0 Å².